The predicted molar refractivity (Wildman–Crippen MR) is 113 cm³/mol. The van der Waals surface area contributed by atoms with Crippen molar-refractivity contribution in [3.05, 3.63) is 34.3 Å². The van der Waals surface area contributed by atoms with Crippen molar-refractivity contribution < 1.29 is 4.79 Å². The van der Waals surface area contributed by atoms with Crippen molar-refractivity contribution in [3.63, 3.8) is 0 Å². The molecule has 1 saturated heterocycles. The van der Waals surface area contributed by atoms with Gasteiger partial charge in [-0.05, 0) is 44.4 Å². The Kier molecular flexibility index (Phi) is 7.13. The topological polar surface area (TPSA) is 60.0 Å². The SMILES string of the molecule is CCNC(=NCC(=O)NC1CC1)N1CCN(C(C)c2ccc(Br)cc2)CC1. The summed E-state index contributed by atoms with van der Waals surface area (Å²) < 4.78 is 1.11. The monoisotopic (exact) mass is 435 g/mol. The molecule has 1 amide bonds. The van der Waals surface area contributed by atoms with E-state index in [9.17, 15) is 4.79 Å². The van der Waals surface area contributed by atoms with Crippen LogP contribution in [0.2, 0.25) is 0 Å². The number of hydrogen-bond acceptors (Lipinski definition) is 3. The predicted octanol–water partition coefficient (Wildman–Crippen LogP) is 2.37. The summed E-state index contributed by atoms with van der Waals surface area (Å²) in [5.74, 6) is 0.870. The van der Waals surface area contributed by atoms with Gasteiger partial charge >= 0.3 is 0 Å². The first-order chi connectivity index (χ1) is 13.1. The van der Waals surface area contributed by atoms with Crippen LogP contribution < -0.4 is 10.6 Å². The number of carbonyl (C=O) groups is 1. The normalized spacial score (nSPS) is 19.7. The molecule has 3 rings (SSSR count). The van der Waals surface area contributed by atoms with Gasteiger partial charge in [-0.2, -0.15) is 0 Å². The zero-order chi connectivity index (χ0) is 19.2. The summed E-state index contributed by atoms with van der Waals surface area (Å²) in [5.41, 5.74) is 1.34. The second-order valence-corrected chi connectivity index (χ2v) is 8.18. The maximum atomic E-state index is 11.9. The van der Waals surface area contributed by atoms with Crippen LogP contribution in [0.25, 0.3) is 0 Å². The number of nitrogens with one attached hydrogen (secondary N) is 2. The Bertz CT molecular complexity index is 651. The van der Waals surface area contributed by atoms with E-state index in [1.165, 1.54) is 5.56 Å². The van der Waals surface area contributed by atoms with Gasteiger partial charge in [-0.3, -0.25) is 9.69 Å². The van der Waals surface area contributed by atoms with Crippen molar-refractivity contribution in [2.45, 2.75) is 38.8 Å². The first kappa shape index (κ1) is 20.1. The summed E-state index contributed by atoms with van der Waals surface area (Å²) in [6.45, 7) is 9.12. The van der Waals surface area contributed by atoms with Gasteiger partial charge in [-0.25, -0.2) is 4.99 Å². The van der Waals surface area contributed by atoms with E-state index in [0.29, 0.717) is 12.1 Å². The van der Waals surface area contributed by atoms with E-state index < -0.39 is 0 Å². The minimum Gasteiger partial charge on any atom is -0.357 e. The molecule has 2 fully saturated rings. The number of rotatable bonds is 6. The molecule has 1 atom stereocenters. The number of guanidine groups is 1. The van der Waals surface area contributed by atoms with Crippen LogP contribution >= 0.6 is 15.9 Å². The summed E-state index contributed by atoms with van der Waals surface area (Å²) in [7, 11) is 0. The van der Waals surface area contributed by atoms with E-state index in [1.807, 2.05) is 0 Å². The molecular weight excluding hydrogens is 406 g/mol. The van der Waals surface area contributed by atoms with Crippen LogP contribution in [0.5, 0.6) is 0 Å². The number of aliphatic imine (C=N–C) groups is 1. The Hall–Kier alpha value is -1.60. The molecule has 1 heterocycles. The van der Waals surface area contributed by atoms with Crippen LogP contribution in [-0.2, 0) is 4.79 Å². The fraction of sp³-hybridized carbons (Fsp3) is 0.600. The minimum atomic E-state index is 0.0235. The second kappa shape index (κ2) is 9.55. The van der Waals surface area contributed by atoms with Gasteiger partial charge in [-0.1, -0.05) is 28.1 Å². The fourth-order valence-electron chi connectivity index (χ4n) is 3.35. The number of benzene rings is 1. The molecule has 0 bridgehead atoms. The molecule has 0 radical (unpaired) electrons. The second-order valence-electron chi connectivity index (χ2n) is 7.26. The first-order valence-electron chi connectivity index (χ1n) is 9.89. The molecule has 6 nitrogen and oxygen atoms in total. The fourth-order valence-corrected chi connectivity index (χ4v) is 3.61. The molecule has 27 heavy (non-hydrogen) atoms. The van der Waals surface area contributed by atoms with Crippen LogP contribution in [0.1, 0.15) is 38.3 Å². The highest BCUT2D eigenvalue weighted by Crippen LogP contribution is 2.23. The molecule has 2 aliphatic rings. The Morgan fingerprint density at radius 1 is 1.22 bits per heavy atom. The van der Waals surface area contributed by atoms with Crippen molar-refractivity contribution in [3.8, 4) is 0 Å². The maximum Gasteiger partial charge on any atom is 0.242 e. The lowest BCUT2D eigenvalue weighted by Gasteiger charge is -2.39. The lowest BCUT2D eigenvalue weighted by Crippen LogP contribution is -2.53. The molecule has 1 aromatic rings. The average molecular weight is 436 g/mol. The lowest BCUT2D eigenvalue weighted by atomic mass is 10.1. The Morgan fingerprint density at radius 3 is 2.48 bits per heavy atom. The quantitative estimate of drug-likeness (QED) is 0.531. The van der Waals surface area contributed by atoms with Gasteiger partial charge in [-0.15, -0.1) is 0 Å². The third-order valence-electron chi connectivity index (χ3n) is 5.16. The van der Waals surface area contributed by atoms with E-state index in [1.54, 1.807) is 0 Å². The standard InChI is InChI=1S/C20H30BrN5O/c1-3-22-20(23-14-19(27)24-18-8-9-18)26-12-10-25(11-13-26)15(2)16-4-6-17(21)7-5-16/h4-7,15,18H,3,8-14H2,1-2H3,(H,22,23)(H,24,27). The summed E-state index contributed by atoms with van der Waals surface area (Å²) in [6, 6.07) is 9.36. The number of halogens is 1. The van der Waals surface area contributed by atoms with E-state index in [0.717, 1.165) is 56.0 Å². The maximum absolute atomic E-state index is 11.9. The van der Waals surface area contributed by atoms with Gasteiger partial charge in [0.15, 0.2) is 5.96 Å². The molecule has 0 spiro atoms. The van der Waals surface area contributed by atoms with Crippen molar-refractivity contribution in [2.75, 3.05) is 39.3 Å². The summed E-state index contributed by atoms with van der Waals surface area (Å²) in [6.07, 6.45) is 2.21. The zero-order valence-electron chi connectivity index (χ0n) is 16.2. The van der Waals surface area contributed by atoms with Crippen molar-refractivity contribution in [2.24, 2.45) is 4.99 Å². The van der Waals surface area contributed by atoms with E-state index >= 15 is 0 Å². The number of hydrogen-bond donors (Lipinski definition) is 2. The van der Waals surface area contributed by atoms with Gasteiger partial charge in [0.05, 0.1) is 0 Å². The van der Waals surface area contributed by atoms with Crippen LogP contribution in [0, 0.1) is 0 Å². The van der Waals surface area contributed by atoms with E-state index in [4.69, 9.17) is 0 Å². The highest BCUT2D eigenvalue weighted by molar-refractivity contribution is 9.10. The lowest BCUT2D eigenvalue weighted by molar-refractivity contribution is -0.119. The largest absolute Gasteiger partial charge is 0.357 e. The third kappa shape index (κ3) is 5.94. The molecule has 0 aromatic heterocycles. The highest BCUT2D eigenvalue weighted by Gasteiger charge is 2.25. The van der Waals surface area contributed by atoms with Gasteiger partial charge < -0.3 is 15.5 Å². The van der Waals surface area contributed by atoms with Crippen molar-refractivity contribution >= 4 is 27.8 Å². The van der Waals surface area contributed by atoms with Gasteiger partial charge in [0.1, 0.15) is 6.54 Å². The van der Waals surface area contributed by atoms with Crippen LogP contribution in [0.4, 0.5) is 0 Å². The molecule has 1 aliphatic carbocycles. The van der Waals surface area contributed by atoms with E-state index in [-0.39, 0.29) is 12.5 Å². The molecule has 1 saturated carbocycles. The van der Waals surface area contributed by atoms with Gasteiger partial charge in [0, 0.05) is 49.3 Å². The molecule has 148 valence electrons. The van der Waals surface area contributed by atoms with Crippen LogP contribution in [-0.4, -0.2) is 67.0 Å². The smallest absolute Gasteiger partial charge is 0.242 e. The molecule has 1 aliphatic heterocycles. The van der Waals surface area contributed by atoms with Crippen molar-refractivity contribution in [1.82, 2.24) is 20.4 Å². The van der Waals surface area contributed by atoms with Crippen LogP contribution in [0.15, 0.2) is 33.7 Å². The molecular formula is C20H30BrN5O. The van der Waals surface area contributed by atoms with Gasteiger partial charge in [0.2, 0.25) is 5.91 Å². The minimum absolute atomic E-state index is 0.0235. The Labute approximate surface area is 170 Å². The summed E-state index contributed by atoms with van der Waals surface area (Å²) >= 11 is 3.50. The molecule has 2 N–H and O–H groups in total. The average Bonchev–Trinajstić information content (AvgIpc) is 3.49. The number of nitrogens with zero attached hydrogens (tertiary/aromatic N) is 3. The Morgan fingerprint density at radius 2 is 1.89 bits per heavy atom. The summed E-state index contributed by atoms with van der Waals surface area (Å²) in [4.78, 5) is 21.2. The Balaban J connectivity index is 1.53. The number of amides is 1. The molecule has 1 aromatic carbocycles. The highest BCUT2D eigenvalue weighted by atomic mass is 79.9. The van der Waals surface area contributed by atoms with Gasteiger partial charge in [0.25, 0.3) is 0 Å². The summed E-state index contributed by atoms with van der Waals surface area (Å²) in [5, 5.41) is 6.33. The van der Waals surface area contributed by atoms with Crippen LogP contribution in [0.3, 0.4) is 0 Å². The first-order valence-corrected chi connectivity index (χ1v) is 10.7. The zero-order valence-corrected chi connectivity index (χ0v) is 17.8. The van der Waals surface area contributed by atoms with E-state index in [2.05, 4.69) is 79.5 Å². The number of carbonyl (C=O) groups excluding carboxylic acids is 1. The molecule has 7 heteroatoms. The van der Waals surface area contributed by atoms with Crippen molar-refractivity contribution in [1.29, 1.82) is 0 Å². The molecule has 1 unspecified atom stereocenters. The number of piperazine rings is 1. The third-order valence-corrected chi connectivity index (χ3v) is 5.69.